The highest BCUT2D eigenvalue weighted by Crippen LogP contribution is 2.44. The standard InChI is InChI=1S/C18H20FNO3/c1-11-9-18(2,3)20(15-6-4-12(19)8-14(11)15)10-13-5-7-16(23-13)17(21)22/h4-8,11H,9-10H2,1-3H3,(H,21,22). The molecule has 3 rings (SSSR count). The zero-order valence-electron chi connectivity index (χ0n) is 13.5. The number of carbonyl (C=O) groups is 1. The number of furan rings is 1. The van der Waals surface area contributed by atoms with E-state index in [4.69, 9.17) is 9.52 Å². The molecule has 1 atom stereocenters. The number of carboxylic acid groups (broad SMARTS) is 1. The summed E-state index contributed by atoms with van der Waals surface area (Å²) in [6, 6.07) is 7.99. The second-order valence-electron chi connectivity index (χ2n) is 6.78. The summed E-state index contributed by atoms with van der Waals surface area (Å²) >= 11 is 0. The number of hydrogen-bond donors (Lipinski definition) is 1. The number of nitrogens with zero attached hydrogens (tertiary/aromatic N) is 1. The second kappa shape index (κ2) is 5.41. The Kier molecular flexibility index (Phi) is 3.66. The zero-order valence-corrected chi connectivity index (χ0v) is 13.5. The van der Waals surface area contributed by atoms with Gasteiger partial charge in [0.2, 0.25) is 5.76 Å². The van der Waals surface area contributed by atoms with Gasteiger partial charge in [-0.25, -0.2) is 9.18 Å². The molecule has 4 nitrogen and oxygen atoms in total. The molecule has 0 fully saturated rings. The smallest absolute Gasteiger partial charge is 0.371 e. The molecular weight excluding hydrogens is 297 g/mol. The summed E-state index contributed by atoms with van der Waals surface area (Å²) in [7, 11) is 0. The SMILES string of the molecule is CC1CC(C)(C)N(Cc2ccc(C(=O)O)o2)c2ccc(F)cc21. The Morgan fingerprint density at radius 3 is 2.78 bits per heavy atom. The first-order valence-electron chi connectivity index (χ1n) is 7.67. The highest BCUT2D eigenvalue weighted by molar-refractivity contribution is 5.84. The van der Waals surface area contributed by atoms with E-state index in [-0.39, 0.29) is 23.0 Å². The highest BCUT2D eigenvalue weighted by atomic mass is 19.1. The maximum absolute atomic E-state index is 13.6. The van der Waals surface area contributed by atoms with Crippen LogP contribution >= 0.6 is 0 Å². The van der Waals surface area contributed by atoms with Gasteiger partial charge >= 0.3 is 5.97 Å². The summed E-state index contributed by atoms with van der Waals surface area (Å²) in [5.74, 6) is -0.535. The Labute approximate surface area is 134 Å². The molecule has 0 amide bonds. The van der Waals surface area contributed by atoms with Gasteiger partial charge in [0.15, 0.2) is 0 Å². The van der Waals surface area contributed by atoms with Crippen molar-refractivity contribution in [3.05, 3.63) is 53.2 Å². The lowest BCUT2D eigenvalue weighted by Gasteiger charge is -2.47. The first kappa shape index (κ1) is 15.6. The summed E-state index contributed by atoms with van der Waals surface area (Å²) in [6.07, 6.45) is 0.885. The van der Waals surface area contributed by atoms with E-state index in [0.717, 1.165) is 17.7 Å². The van der Waals surface area contributed by atoms with E-state index in [9.17, 15) is 9.18 Å². The summed E-state index contributed by atoms with van der Waals surface area (Å²) in [6.45, 7) is 6.83. The third-order valence-electron chi connectivity index (χ3n) is 4.53. The van der Waals surface area contributed by atoms with Gasteiger partial charge in [0.25, 0.3) is 0 Å². The first-order chi connectivity index (χ1) is 10.8. The average molecular weight is 317 g/mol. The number of rotatable bonds is 3. The molecule has 23 heavy (non-hydrogen) atoms. The molecule has 122 valence electrons. The van der Waals surface area contributed by atoms with Crippen LogP contribution < -0.4 is 4.90 Å². The Morgan fingerprint density at radius 1 is 1.39 bits per heavy atom. The van der Waals surface area contributed by atoms with Crippen LogP contribution in [-0.2, 0) is 6.54 Å². The third kappa shape index (κ3) is 2.83. The maximum Gasteiger partial charge on any atom is 0.371 e. The Morgan fingerprint density at radius 2 is 2.13 bits per heavy atom. The number of fused-ring (bicyclic) bond motifs is 1. The van der Waals surface area contributed by atoms with E-state index in [1.165, 1.54) is 12.1 Å². The second-order valence-corrected chi connectivity index (χ2v) is 6.78. The van der Waals surface area contributed by atoms with Crippen molar-refractivity contribution < 1.29 is 18.7 Å². The molecule has 1 aromatic carbocycles. The van der Waals surface area contributed by atoms with Gasteiger partial charge in [0.1, 0.15) is 11.6 Å². The van der Waals surface area contributed by atoms with Crippen molar-refractivity contribution in [1.29, 1.82) is 0 Å². The molecule has 1 unspecified atom stereocenters. The molecule has 0 saturated heterocycles. The van der Waals surface area contributed by atoms with E-state index in [0.29, 0.717) is 12.3 Å². The quantitative estimate of drug-likeness (QED) is 0.911. The van der Waals surface area contributed by atoms with E-state index in [1.54, 1.807) is 18.2 Å². The van der Waals surface area contributed by atoms with Crippen molar-refractivity contribution in [2.24, 2.45) is 0 Å². The number of anilines is 1. The van der Waals surface area contributed by atoms with Crippen LogP contribution in [0.3, 0.4) is 0 Å². The monoisotopic (exact) mass is 317 g/mol. The van der Waals surface area contributed by atoms with Gasteiger partial charge in [-0.3, -0.25) is 0 Å². The number of carboxylic acids is 1. The molecule has 0 saturated carbocycles. The lowest BCUT2D eigenvalue weighted by molar-refractivity contribution is 0.0660. The van der Waals surface area contributed by atoms with Crippen LogP contribution in [0.15, 0.2) is 34.7 Å². The Hall–Kier alpha value is -2.30. The molecule has 2 heterocycles. The van der Waals surface area contributed by atoms with Crippen LogP contribution in [0, 0.1) is 5.82 Å². The largest absolute Gasteiger partial charge is 0.475 e. The molecule has 1 N–H and O–H groups in total. The Balaban J connectivity index is 1.99. The third-order valence-corrected chi connectivity index (χ3v) is 4.53. The van der Waals surface area contributed by atoms with Crippen LogP contribution in [0.25, 0.3) is 0 Å². The van der Waals surface area contributed by atoms with Gasteiger partial charge in [-0.1, -0.05) is 6.92 Å². The van der Waals surface area contributed by atoms with Crippen LogP contribution in [-0.4, -0.2) is 16.6 Å². The average Bonchev–Trinajstić information content (AvgIpc) is 2.92. The number of benzene rings is 1. The van der Waals surface area contributed by atoms with Gasteiger partial charge in [0, 0.05) is 11.2 Å². The fraction of sp³-hybridized carbons (Fsp3) is 0.389. The van der Waals surface area contributed by atoms with E-state index < -0.39 is 5.97 Å². The van der Waals surface area contributed by atoms with Crippen molar-refractivity contribution >= 4 is 11.7 Å². The van der Waals surface area contributed by atoms with Crippen LogP contribution in [0.5, 0.6) is 0 Å². The summed E-state index contributed by atoms with van der Waals surface area (Å²) in [5, 5.41) is 8.98. The maximum atomic E-state index is 13.6. The molecule has 5 heteroatoms. The van der Waals surface area contributed by atoms with Crippen molar-refractivity contribution in [3.63, 3.8) is 0 Å². The molecule has 1 aromatic heterocycles. The Bertz CT molecular complexity index is 750. The van der Waals surface area contributed by atoms with Crippen LogP contribution in [0.4, 0.5) is 10.1 Å². The van der Waals surface area contributed by atoms with Crippen LogP contribution in [0.2, 0.25) is 0 Å². The van der Waals surface area contributed by atoms with E-state index >= 15 is 0 Å². The minimum atomic E-state index is -1.08. The molecule has 1 aliphatic rings. The fourth-order valence-corrected chi connectivity index (χ4v) is 3.49. The number of halogens is 1. The molecule has 1 aliphatic heterocycles. The lowest BCUT2D eigenvalue weighted by Crippen LogP contribution is -2.47. The topological polar surface area (TPSA) is 53.7 Å². The molecular formula is C18H20FNO3. The van der Waals surface area contributed by atoms with E-state index in [2.05, 4.69) is 25.7 Å². The summed E-state index contributed by atoms with van der Waals surface area (Å²) in [5.41, 5.74) is 1.82. The molecule has 0 aliphatic carbocycles. The van der Waals surface area contributed by atoms with Crippen LogP contribution in [0.1, 0.15) is 55.0 Å². The summed E-state index contributed by atoms with van der Waals surface area (Å²) < 4.78 is 19.0. The van der Waals surface area contributed by atoms with Gasteiger partial charge in [-0.05, 0) is 62.1 Å². The number of aromatic carboxylic acids is 1. The minimum absolute atomic E-state index is 0.0671. The molecule has 0 bridgehead atoms. The normalized spacial score (nSPS) is 19.5. The van der Waals surface area contributed by atoms with Gasteiger partial charge in [0.05, 0.1) is 6.54 Å². The molecule has 0 spiro atoms. The lowest BCUT2D eigenvalue weighted by atomic mass is 9.80. The first-order valence-corrected chi connectivity index (χ1v) is 7.67. The van der Waals surface area contributed by atoms with Crippen molar-refractivity contribution in [3.8, 4) is 0 Å². The van der Waals surface area contributed by atoms with Crippen molar-refractivity contribution in [2.45, 2.75) is 45.2 Å². The van der Waals surface area contributed by atoms with Crippen molar-refractivity contribution in [1.82, 2.24) is 0 Å². The van der Waals surface area contributed by atoms with Gasteiger partial charge in [-0.2, -0.15) is 0 Å². The predicted molar refractivity (Wildman–Crippen MR) is 85.4 cm³/mol. The minimum Gasteiger partial charge on any atom is -0.475 e. The predicted octanol–water partition coefficient (Wildman–Crippen LogP) is 4.41. The molecule has 0 radical (unpaired) electrons. The van der Waals surface area contributed by atoms with Gasteiger partial charge < -0.3 is 14.4 Å². The summed E-state index contributed by atoms with van der Waals surface area (Å²) in [4.78, 5) is 13.1. The number of hydrogen-bond acceptors (Lipinski definition) is 3. The van der Waals surface area contributed by atoms with Gasteiger partial charge in [-0.15, -0.1) is 0 Å². The fourth-order valence-electron chi connectivity index (χ4n) is 3.49. The molecule has 2 aromatic rings. The van der Waals surface area contributed by atoms with Crippen molar-refractivity contribution in [2.75, 3.05) is 4.90 Å². The van der Waals surface area contributed by atoms with E-state index in [1.807, 2.05) is 0 Å². The zero-order chi connectivity index (χ0) is 16.8. The highest BCUT2D eigenvalue weighted by Gasteiger charge is 2.37.